The topological polar surface area (TPSA) is 58.8 Å². The van der Waals surface area contributed by atoms with Crippen LogP contribution in [0.5, 0.6) is 5.75 Å². The van der Waals surface area contributed by atoms with Crippen LogP contribution < -0.4 is 10.5 Å². The van der Waals surface area contributed by atoms with E-state index in [0.29, 0.717) is 13.2 Å². The van der Waals surface area contributed by atoms with Crippen molar-refractivity contribution in [2.24, 2.45) is 5.73 Å². The fourth-order valence-electron chi connectivity index (χ4n) is 3.37. The van der Waals surface area contributed by atoms with E-state index in [0.717, 1.165) is 29.0 Å². The molecule has 0 bridgehead atoms. The molecule has 2 atom stereocenters. The highest BCUT2D eigenvalue weighted by atomic mass is 16.5. The number of benzene rings is 2. The molecule has 0 aromatic heterocycles. The first-order valence-corrected chi connectivity index (χ1v) is 8.94. The highest BCUT2D eigenvalue weighted by Crippen LogP contribution is 2.28. The summed E-state index contributed by atoms with van der Waals surface area (Å²) in [7, 11) is 4.00. The average molecular weight is 353 g/mol. The molecular weight excluding hydrogens is 326 g/mol. The summed E-state index contributed by atoms with van der Waals surface area (Å²) in [6.07, 6.45) is 0. The SMILES string of the molecule is Cc1ccc2c(c1)CN(C(=O)[C@@H](N)c1ccccc1)[C@@H](CN(C)C)CO2. The van der Waals surface area contributed by atoms with E-state index in [1.165, 1.54) is 0 Å². The summed E-state index contributed by atoms with van der Waals surface area (Å²) in [4.78, 5) is 17.2. The molecule has 0 unspecified atom stereocenters. The van der Waals surface area contributed by atoms with E-state index in [4.69, 9.17) is 10.5 Å². The van der Waals surface area contributed by atoms with Crippen LogP contribution in [-0.2, 0) is 11.3 Å². The van der Waals surface area contributed by atoms with Gasteiger partial charge in [-0.25, -0.2) is 0 Å². The first-order valence-electron chi connectivity index (χ1n) is 8.94. The summed E-state index contributed by atoms with van der Waals surface area (Å²) < 4.78 is 6.02. The van der Waals surface area contributed by atoms with Gasteiger partial charge >= 0.3 is 0 Å². The molecular formula is C21H27N3O2. The number of hydrogen-bond acceptors (Lipinski definition) is 4. The lowest BCUT2D eigenvalue weighted by molar-refractivity contribution is -0.136. The van der Waals surface area contributed by atoms with Gasteiger partial charge in [-0.3, -0.25) is 4.79 Å². The van der Waals surface area contributed by atoms with Crippen LogP contribution in [0.3, 0.4) is 0 Å². The molecule has 1 heterocycles. The highest BCUT2D eigenvalue weighted by Gasteiger charge is 2.32. The van der Waals surface area contributed by atoms with Crippen molar-refractivity contribution in [3.8, 4) is 5.75 Å². The number of aryl methyl sites for hydroxylation is 1. The van der Waals surface area contributed by atoms with Gasteiger partial charge in [-0.2, -0.15) is 0 Å². The van der Waals surface area contributed by atoms with Crippen molar-refractivity contribution in [1.29, 1.82) is 0 Å². The number of ether oxygens (including phenoxy) is 1. The van der Waals surface area contributed by atoms with Gasteiger partial charge in [0.1, 0.15) is 18.4 Å². The van der Waals surface area contributed by atoms with Crippen molar-refractivity contribution in [1.82, 2.24) is 9.80 Å². The highest BCUT2D eigenvalue weighted by molar-refractivity contribution is 5.83. The molecule has 3 rings (SSSR count). The molecule has 138 valence electrons. The van der Waals surface area contributed by atoms with Gasteiger partial charge in [0.05, 0.1) is 6.04 Å². The van der Waals surface area contributed by atoms with Crippen molar-refractivity contribution >= 4 is 5.91 Å². The van der Waals surface area contributed by atoms with Crippen LogP contribution in [0.4, 0.5) is 0 Å². The van der Waals surface area contributed by atoms with Crippen molar-refractivity contribution in [2.75, 3.05) is 27.2 Å². The quantitative estimate of drug-likeness (QED) is 0.917. The third kappa shape index (κ3) is 4.06. The van der Waals surface area contributed by atoms with Crippen LogP contribution in [0.15, 0.2) is 48.5 Å². The maximum Gasteiger partial charge on any atom is 0.244 e. The van der Waals surface area contributed by atoms with Gasteiger partial charge in [-0.05, 0) is 32.6 Å². The third-order valence-corrected chi connectivity index (χ3v) is 4.71. The normalized spacial score (nSPS) is 18.0. The molecule has 1 aliphatic heterocycles. The molecule has 1 amide bonds. The van der Waals surface area contributed by atoms with Gasteiger partial charge in [0.25, 0.3) is 0 Å². The van der Waals surface area contributed by atoms with E-state index in [9.17, 15) is 4.79 Å². The molecule has 0 radical (unpaired) electrons. The Hall–Kier alpha value is -2.37. The summed E-state index contributed by atoms with van der Waals surface area (Å²) in [6, 6.07) is 14.9. The Morgan fingerprint density at radius 2 is 2.00 bits per heavy atom. The molecule has 2 N–H and O–H groups in total. The minimum Gasteiger partial charge on any atom is -0.491 e. The molecule has 2 aromatic carbocycles. The zero-order valence-electron chi connectivity index (χ0n) is 15.7. The second-order valence-corrected chi connectivity index (χ2v) is 7.19. The Morgan fingerprint density at radius 3 is 2.69 bits per heavy atom. The van der Waals surface area contributed by atoms with Gasteiger partial charge in [0, 0.05) is 18.7 Å². The van der Waals surface area contributed by atoms with Crippen molar-refractivity contribution in [2.45, 2.75) is 25.6 Å². The number of fused-ring (bicyclic) bond motifs is 1. The van der Waals surface area contributed by atoms with Crippen LogP contribution in [0.2, 0.25) is 0 Å². The molecule has 0 saturated carbocycles. The van der Waals surface area contributed by atoms with Gasteiger partial charge in [0.2, 0.25) is 5.91 Å². The first-order chi connectivity index (χ1) is 12.5. The van der Waals surface area contributed by atoms with E-state index in [1.807, 2.05) is 68.4 Å². The Bertz CT molecular complexity index is 761. The Morgan fingerprint density at radius 1 is 1.27 bits per heavy atom. The predicted octanol–water partition coefficient (Wildman–Crippen LogP) is 2.35. The number of nitrogens with zero attached hydrogens (tertiary/aromatic N) is 2. The Labute approximate surface area is 155 Å². The van der Waals surface area contributed by atoms with Crippen molar-refractivity contribution in [3.63, 3.8) is 0 Å². The summed E-state index contributed by atoms with van der Waals surface area (Å²) >= 11 is 0. The average Bonchev–Trinajstić information content (AvgIpc) is 2.80. The summed E-state index contributed by atoms with van der Waals surface area (Å²) in [5, 5.41) is 0. The van der Waals surface area contributed by atoms with E-state index in [2.05, 4.69) is 11.0 Å². The number of amides is 1. The number of carbonyl (C=O) groups excluding carboxylic acids is 1. The monoisotopic (exact) mass is 353 g/mol. The number of hydrogen-bond donors (Lipinski definition) is 1. The molecule has 2 aromatic rings. The minimum atomic E-state index is -0.674. The molecule has 0 fully saturated rings. The summed E-state index contributed by atoms with van der Waals surface area (Å²) in [6.45, 7) is 3.74. The fraction of sp³-hybridized carbons (Fsp3) is 0.381. The van der Waals surface area contributed by atoms with Crippen LogP contribution in [-0.4, -0.2) is 49.0 Å². The van der Waals surface area contributed by atoms with E-state index in [1.54, 1.807) is 0 Å². The van der Waals surface area contributed by atoms with E-state index in [-0.39, 0.29) is 11.9 Å². The Kier molecular flexibility index (Phi) is 5.59. The van der Waals surface area contributed by atoms with Gasteiger partial charge in [0.15, 0.2) is 0 Å². The predicted molar refractivity (Wildman–Crippen MR) is 103 cm³/mol. The zero-order chi connectivity index (χ0) is 18.7. The maximum atomic E-state index is 13.3. The zero-order valence-corrected chi connectivity index (χ0v) is 15.7. The van der Waals surface area contributed by atoms with Crippen LogP contribution >= 0.6 is 0 Å². The second-order valence-electron chi connectivity index (χ2n) is 7.19. The van der Waals surface area contributed by atoms with Crippen molar-refractivity contribution < 1.29 is 9.53 Å². The van der Waals surface area contributed by atoms with Gasteiger partial charge < -0.3 is 20.3 Å². The number of likely N-dealkylation sites (N-methyl/N-ethyl adjacent to an activating group) is 1. The molecule has 0 saturated heterocycles. The fourth-order valence-corrected chi connectivity index (χ4v) is 3.37. The standard InChI is InChI=1S/C21H27N3O2/c1-15-9-10-19-17(11-15)12-24(18(14-26-19)13-23(2)3)21(25)20(22)16-7-5-4-6-8-16/h4-11,18,20H,12-14,22H2,1-3H3/t18-,20-/m0/s1. The van der Waals surface area contributed by atoms with Gasteiger partial charge in [-0.1, -0.05) is 48.0 Å². The minimum absolute atomic E-state index is 0.0556. The molecule has 5 heteroatoms. The van der Waals surface area contributed by atoms with Crippen LogP contribution in [0, 0.1) is 6.92 Å². The lowest BCUT2D eigenvalue weighted by Gasteiger charge is -2.33. The molecule has 5 nitrogen and oxygen atoms in total. The van der Waals surface area contributed by atoms with E-state index < -0.39 is 6.04 Å². The number of nitrogens with two attached hydrogens (primary N) is 1. The maximum absolute atomic E-state index is 13.3. The van der Waals surface area contributed by atoms with Crippen LogP contribution in [0.25, 0.3) is 0 Å². The molecule has 0 spiro atoms. The summed E-state index contributed by atoms with van der Waals surface area (Å²) in [5.74, 6) is 0.781. The molecule has 0 aliphatic carbocycles. The lowest BCUT2D eigenvalue weighted by atomic mass is 10.0. The van der Waals surface area contributed by atoms with E-state index >= 15 is 0 Å². The smallest absolute Gasteiger partial charge is 0.244 e. The number of carbonyl (C=O) groups is 1. The molecule has 1 aliphatic rings. The number of rotatable bonds is 4. The lowest BCUT2D eigenvalue weighted by Crippen LogP contribution is -2.50. The van der Waals surface area contributed by atoms with Gasteiger partial charge in [-0.15, -0.1) is 0 Å². The molecule has 26 heavy (non-hydrogen) atoms. The van der Waals surface area contributed by atoms with Crippen molar-refractivity contribution in [3.05, 3.63) is 65.2 Å². The Balaban J connectivity index is 1.91. The largest absolute Gasteiger partial charge is 0.491 e. The van der Waals surface area contributed by atoms with Crippen LogP contribution in [0.1, 0.15) is 22.7 Å². The third-order valence-electron chi connectivity index (χ3n) is 4.71. The second kappa shape index (κ2) is 7.89. The summed E-state index contributed by atoms with van der Waals surface area (Å²) in [5.41, 5.74) is 9.33. The first kappa shape index (κ1) is 18.4.